The Kier molecular flexibility index (Phi) is 4.20. The Balaban J connectivity index is 1.07. The standard InChI is InChI=1S/C40H27N/c1-5-13-29-25(9-1)37-26-10-2-6-14-30(26)39(29)35-21-23(17-19-33(35)37)41-24-18-20-34-36(22-24)40-31-15-7-3-11-27(31)38(34)28-12-4-8-16-32(28)40/h1-22,37-41H. The molecular weight excluding hydrogens is 494 g/mol. The average molecular weight is 522 g/mol. The molecule has 1 nitrogen and oxygen atoms in total. The quantitative estimate of drug-likeness (QED) is 0.239. The molecule has 0 amide bonds. The molecule has 1 heteroatoms. The lowest BCUT2D eigenvalue weighted by Gasteiger charge is -2.42. The molecule has 0 atom stereocenters. The largest absolute Gasteiger partial charge is 0.356 e. The van der Waals surface area contributed by atoms with Gasteiger partial charge in [0.2, 0.25) is 0 Å². The van der Waals surface area contributed by atoms with Gasteiger partial charge in [0.05, 0.1) is 0 Å². The topological polar surface area (TPSA) is 12.0 Å². The van der Waals surface area contributed by atoms with Gasteiger partial charge in [-0.2, -0.15) is 0 Å². The molecule has 0 unspecified atom stereocenters. The molecule has 0 aliphatic heterocycles. The van der Waals surface area contributed by atoms with Crippen LogP contribution in [0, 0.1) is 0 Å². The van der Waals surface area contributed by atoms with Crippen LogP contribution in [0.15, 0.2) is 133 Å². The maximum Gasteiger partial charge on any atom is 0.0387 e. The Bertz CT molecular complexity index is 1820. The summed E-state index contributed by atoms with van der Waals surface area (Å²) in [4.78, 5) is 0. The van der Waals surface area contributed by atoms with Gasteiger partial charge in [-0.15, -0.1) is 0 Å². The van der Waals surface area contributed by atoms with Crippen molar-refractivity contribution < 1.29 is 0 Å². The van der Waals surface area contributed by atoms with Crippen molar-refractivity contribution in [3.63, 3.8) is 0 Å². The van der Waals surface area contributed by atoms with Crippen LogP contribution in [0.5, 0.6) is 0 Å². The molecule has 0 saturated heterocycles. The summed E-state index contributed by atoms with van der Waals surface area (Å²) >= 11 is 0. The van der Waals surface area contributed by atoms with Crippen molar-refractivity contribution in [3.05, 3.63) is 200 Å². The lowest BCUT2D eigenvalue weighted by molar-refractivity contribution is 0.754. The van der Waals surface area contributed by atoms with Crippen LogP contribution in [0.4, 0.5) is 11.4 Å². The molecule has 0 aromatic heterocycles. The van der Waals surface area contributed by atoms with E-state index in [9.17, 15) is 0 Å². The fourth-order valence-electron chi connectivity index (χ4n) is 8.65. The Hall–Kier alpha value is -4.88. The van der Waals surface area contributed by atoms with Gasteiger partial charge in [0, 0.05) is 35.0 Å². The Morgan fingerprint density at radius 2 is 0.512 bits per heavy atom. The van der Waals surface area contributed by atoms with Crippen LogP contribution < -0.4 is 5.32 Å². The van der Waals surface area contributed by atoms with Gasteiger partial charge >= 0.3 is 0 Å². The number of benzene rings is 6. The molecule has 4 bridgehead atoms. The summed E-state index contributed by atoms with van der Waals surface area (Å²) in [5.41, 5.74) is 19.8. The molecule has 0 fully saturated rings. The van der Waals surface area contributed by atoms with Gasteiger partial charge in [-0.05, 0) is 91.0 Å². The second kappa shape index (κ2) is 7.86. The minimum atomic E-state index is 0.288. The van der Waals surface area contributed by atoms with Crippen molar-refractivity contribution in [2.75, 3.05) is 5.32 Å². The number of rotatable bonds is 2. The minimum Gasteiger partial charge on any atom is -0.356 e. The highest BCUT2D eigenvalue weighted by molar-refractivity contribution is 5.74. The van der Waals surface area contributed by atoms with Gasteiger partial charge in [0.25, 0.3) is 0 Å². The van der Waals surface area contributed by atoms with E-state index in [1.165, 1.54) is 66.8 Å². The summed E-state index contributed by atoms with van der Waals surface area (Å²) in [7, 11) is 0. The molecule has 1 N–H and O–H groups in total. The van der Waals surface area contributed by atoms with Crippen LogP contribution in [0.1, 0.15) is 90.4 Å². The molecule has 6 aliphatic carbocycles. The first-order valence-electron chi connectivity index (χ1n) is 14.7. The maximum atomic E-state index is 3.82. The van der Waals surface area contributed by atoms with Gasteiger partial charge in [0.15, 0.2) is 0 Å². The van der Waals surface area contributed by atoms with E-state index < -0.39 is 0 Å². The number of hydrogen-bond donors (Lipinski definition) is 1. The van der Waals surface area contributed by atoms with E-state index in [2.05, 4.69) is 139 Å². The smallest absolute Gasteiger partial charge is 0.0387 e. The van der Waals surface area contributed by atoms with Crippen molar-refractivity contribution in [3.8, 4) is 0 Å². The monoisotopic (exact) mass is 521 g/mol. The van der Waals surface area contributed by atoms with Gasteiger partial charge in [-0.3, -0.25) is 0 Å². The van der Waals surface area contributed by atoms with Crippen LogP contribution in [0.3, 0.4) is 0 Å². The number of anilines is 2. The fourth-order valence-corrected chi connectivity index (χ4v) is 8.65. The second-order valence-corrected chi connectivity index (χ2v) is 12.1. The van der Waals surface area contributed by atoms with Gasteiger partial charge in [-0.1, -0.05) is 109 Å². The Morgan fingerprint density at radius 3 is 0.805 bits per heavy atom. The van der Waals surface area contributed by atoms with Crippen molar-refractivity contribution in [1.82, 2.24) is 0 Å². The van der Waals surface area contributed by atoms with E-state index >= 15 is 0 Å². The highest BCUT2D eigenvalue weighted by atomic mass is 14.9. The molecule has 0 spiro atoms. The molecule has 41 heavy (non-hydrogen) atoms. The molecule has 12 rings (SSSR count). The lowest BCUT2D eigenvalue weighted by Crippen LogP contribution is -2.27. The van der Waals surface area contributed by atoms with E-state index in [1.807, 2.05) is 0 Å². The predicted octanol–water partition coefficient (Wildman–Crippen LogP) is 9.40. The zero-order chi connectivity index (χ0) is 26.7. The van der Waals surface area contributed by atoms with E-state index in [-0.39, 0.29) is 11.8 Å². The van der Waals surface area contributed by atoms with E-state index in [0.29, 0.717) is 11.8 Å². The first kappa shape index (κ1) is 21.9. The molecule has 6 aromatic carbocycles. The maximum absolute atomic E-state index is 3.82. The van der Waals surface area contributed by atoms with Crippen LogP contribution >= 0.6 is 0 Å². The SMILES string of the molecule is c1ccc2c(c1)C1c3ccccc3C2c2cc(Nc3ccc4c(c3)C3c5ccccc5C4c4ccccc43)ccc21. The van der Waals surface area contributed by atoms with Crippen LogP contribution in [0.25, 0.3) is 0 Å². The minimum absolute atomic E-state index is 0.288. The first-order chi connectivity index (χ1) is 20.3. The predicted molar refractivity (Wildman–Crippen MR) is 166 cm³/mol. The second-order valence-electron chi connectivity index (χ2n) is 12.1. The average Bonchev–Trinajstić information content (AvgIpc) is 3.04. The summed E-state index contributed by atoms with van der Waals surface area (Å²) in [6.45, 7) is 0. The summed E-state index contributed by atoms with van der Waals surface area (Å²) in [5, 5.41) is 3.82. The summed E-state index contributed by atoms with van der Waals surface area (Å²) in [6, 6.07) is 50.3. The summed E-state index contributed by atoms with van der Waals surface area (Å²) in [6.07, 6.45) is 0. The third-order valence-corrected chi connectivity index (χ3v) is 10.2. The zero-order valence-electron chi connectivity index (χ0n) is 22.5. The molecule has 6 aliphatic rings. The molecule has 0 radical (unpaired) electrons. The van der Waals surface area contributed by atoms with Gasteiger partial charge in [-0.25, -0.2) is 0 Å². The number of nitrogens with one attached hydrogen (secondary N) is 1. The normalized spacial score (nSPS) is 21.2. The van der Waals surface area contributed by atoms with E-state index in [4.69, 9.17) is 0 Å². The first-order valence-corrected chi connectivity index (χ1v) is 14.7. The third-order valence-electron chi connectivity index (χ3n) is 10.2. The Morgan fingerprint density at radius 1 is 0.268 bits per heavy atom. The van der Waals surface area contributed by atoms with Crippen molar-refractivity contribution in [2.45, 2.75) is 23.7 Å². The van der Waals surface area contributed by atoms with Crippen LogP contribution in [0.2, 0.25) is 0 Å². The van der Waals surface area contributed by atoms with Crippen molar-refractivity contribution in [2.24, 2.45) is 0 Å². The molecule has 6 aromatic rings. The van der Waals surface area contributed by atoms with Crippen molar-refractivity contribution in [1.29, 1.82) is 0 Å². The summed E-state index contributed by atoms with van der Waals surface area (Å²) < 4.78 is 0. The van der Waals surface area contributed by atoms with E-state index in [0.717, 1.165) is 11.4 Å². The summed E-state index contributed by atoms with van der Waals surface area (Å²) in [5.74, 6) is 1.21. The Labute approximate surface area is 240 Å². The fraction of sp³-hybridized carbons (Fsp3) is 0.100. The third kappa shape index (κ3) is 2.81. The van der Waals surface area contributed by atoms with Crippen LogP contribution in [-0.4, -0.2) is 0 Å². The molecule has 0 heterocycles. The highest BCUT2D eigenvalue weighted by Crippen LogP contribution is 2.57. The number of hydrogen-bond acceptors (Lipinski definition) is 1. The lowest BCUT2D eigenvalue weighted by atomic mass is 9.61. The molecule has 0 saturated carbocycles. The van der Waals surface area contributed by atoms with Crippen LogP contribution in [-0.2, 0) is 0 Å². The molecular formula is C40H27N. The van der Waals surface area contributed by atoms with Crippen molar-refractivity contribution >= 4 is 11.4 Å². The molecule has 192 valence electrons. The highest BCUT2D eigenvalue weighted by Gasteiger charge is 2.42. The van der Waals surface area contributed by atoms with E-state index in [1.54, 1.807) is 0 Å². The van der Waals surface area contributed by atoms with Gasteiger partial charge < -0.3 is 5.32 Å². The zero-order valence-corrected chi connectivity index (χ0v) is 22.5. The van der Waals surface area contributed by atoms with Gasteiger partial charge in [0.1, 0.15) is 0 Å².